The van der Waals surface area contributed by atoms with E-state index in [1.165, 1.54) is 5.56 Å². The van der Waals surface area contributed by atoms with E-state index in [2.05, 4.69) is 60.8 Å². The fourth-order valence-corrected chi connectivity index (χ4v) is 3.19. The van der Waals surface area contributed by atoms with Crippen molar-refractivity contribution in [3.05, 3.63) is 35.9 Å². The maximum atomic E-state index is 12.1. The Morgan fingerprint density at radius 3 is 2.50 bits per heavy atom. The topological polar surface area (TPSA) is 53.6 Å². The molecular formula is C19H31N3O2. The van der Waals surface area contributed by atoms with Crippen molar-refractivity contribution >= 4 is 6.03 Å². The standard InChI is InChI=1S/C19H31N3O2/c1-16(17-7-5-4-6-8-17)9-12-20-18(23)21-15-19(22(2)3)10-13-24-14-11-19/h4-8,16H,9-15H2,1-3H3,(H2,20,21,23)/t16-/m0/s1. The number of carbonyl (C=O) groups excluding carboxylic acids is 1. The van der Waals surface area contributed by atoms with E-state index in [0.29, 0.717) is 19.0 Å². The van der Waals surface area contributed by atoms with Crippen molar-refractivity contribution in [2.75, 3.05) is 40.4 Å². The molecule has 0 bridgehead atoms. The van der Waals surface area contributed by atoms with Crippen LogP contribution < -0.4 is 10.6 Å². The van der Waals surface area contributed by atoms with E-state index in [9.17, 15) is 4.79 Å². The summed E-state index contributed by atoms with van der Waals surface area (Å²) < 4.78 is 5.46. The molecule has 5 nitrogen and oxygen atoms in total. The third-order valence-electron chi connectivity index (χ3n) is 5.18. The van der Waals surface area contributed by atoms with Crippen LogP contribution in [0.3, 0.4) is 0 Å². The number of likely N-dealkylation sites (N-methyl/N-ethyl adjacent to an activating group) is 1. The van der Waals surface area contributed by atoms with Gasteiger partial charge in [-0.3, -0.25) is 0 Å². The first kappa shape index (κ1) is 18.7. The number of benzene rings is 1. The first-order chi connectivity index (χ1) is 11.5. The normalized spacial score (nSPS) is 18.2. The molecule has 24 heavy (non-hydrogen) atoms. The third-order valence-corrected chi connectivity index (χ3v) is 5.18. The molecule has 2 N–H and O–H groups in total. The van der Waals surface area contributed by atoms with Crippen molar-refractivity contribution in [2.24, 2.45) is 0 Å². The van der Waals surface area contributed by atoms with E-state index in [1.807, 2.05) is 6.07 Å². The summed E-state index contributed by atoms with van der Waals surface area (Å²) in [6.07, 6.45) is 2.83. The highest BCUT2D eigenvalue weighted by atomic mass is 16.5. The molecule has 1 fully saturated rings. The van der Waals surface area contributed by atoms with Gasteiger partial charge in [-0.15, -0.1) is 0 Å². The van der Waals surface area contributed by atoms with Crippen molar-refractivity contribution in [3.63, 3.8) is 0 Å². The number of nitrogens with one attached hydrogen (secondary N) is 2. The van der Waals surface area contributed by atoms with E-state index in [1.54, 1.807) is 0 Å². The van der Waals surface area contributed by atoms with Crippen molar-refractivity contribution in [1.29, 1.82) is 0 Å². The molecule has 0 unspecified atom stereocenters. The van der Waals surface area contributed by atoms with Crippen molar-refractivity contribution < 1.29 is 9.53 Å². The lowest BCUT2D eigenvalue weighted by Crippen LogP contribution is -2.56. The van der Waals surface area contributed by atoms with E-state index in [0.717, 1.165) is 32.5 Å². The number of hydrogen-bond acceptors (Lipinski definition) is 3. The van der Waals surface area contributed by atoms with E-state index < -0.39 is 0 Å². The SMILES string of the molecule is C[C@@H](CCNC(=O)NCC1(N(C)C)CCOCC1)c1ccccc1. The highest BCUT2D eigenvalue weighted by Crippen LogP contribution is 2.25. The quantitative estimate of drug-likeness (QED) is 0.806. The fraction of sp³-hybridized carbons (Fsp3) is 0.632. The molecule has 1 atom stereocenters. The zero-order valence-electron chi connectivity index (χ0n) is 15.2. The minimum absolute atomic E-state index is 0.00687. The molecule has 1 aromatic rings. The smallest absolute Gasteiger partial charge is 0.314 e. The zero-order valence-corrected chi connectivity index (χ0v) is 15.2. The minimum atomic E-state index is -0.0806. The molecule has 134 valence electrons. The maximum Gasteiger partial charge on any atom is 0.314 e. The summed E-state index contributed by atoms with van der Waals surface area (Å²) >= 11 is 0. The van der Waals surface area contributed by atoms with E-state index in [4.69, 9.17) is 4.74 Å². The molecule has 0 spiro atoms. The second-order valence-electron chi connectivity index (χ2n) is 6.94. The molecule has 2 rings (SSSR count). The Morgan fingerprint density at radius 1 is 1.21 bits per heavy atom. The molecule has 1 aliphatic rings. The van der Waals surface area contributed by atoms with Gasteiger partial charge in [-0.2, -0.15) is 0 Å². The van der Waals surface area contributed by atoms with Crippen LogP contribution in [0.15, 0.2) is 30.3 Å². The van der Waals surface area contributed by atoms with Gasteiger partial charge in [0, 0.05) is 31.8 Å². The summed E-state index contributed by atoms with van der Waals surface area (Å²) in [5, 5.41) is 6.02. The Labute approximate surface area is 145 Å². The highest BCUT2D eigenvalue weighted by Gasteiger charge is 2.34. The van der Waals surface area contributed by atoms with Crippen molar-refractivity contribution in [1.82, 2.24) is 15.5 Å². The molecule has 0 radical (unpaired) electrons. The van der Waals surface area contributed by atoms with Gasteiger partial charge in [0.25, 0.3) is 0 Å². The van der Waals surface area contributed by atoms with Crippen LogP contribution in [-0.2, 0) is 4.74 Å². The summed E-state index contributed by atoms with van der Waals surface area (Å²) in [4.78, 5) is 14.3. The zero-order chi connectivity index (χ0) is 17.4. The molecule has 0 aliphatic carbocycles. The summed E-state index contributed by atoms with van der Waals surface area (Å²) in [6, 6.07) is 10.3. The molecule has 1 aliphatic heterocycles. The van der Waals surface area contributed by atoms with Crippen LogP contribution in [0.2, 0.25) is 0 Å². The summed E-state index contributed by atoms with van der Waals surface area (Å²) in [5.74, 6) is 0.440. The largest absolute Gasteiger partial charge is 0.381 e. The van der Waals surface area contributed by atoms with Crippen LogP contribution in [0.25, 0.3) is 0 Å². The lowest BCUT2D eigenvalue weighted by molar-refractivity contribution is -0.00571. The number of hydrogen-bond donors (Lipinski definition) is 2. The van der Waals surface area contributed by atoms with Crippen LogP contribution in [-0.4, -0.2) is 56.9 Å². The second kappa shape index (κ2) is 9.04. The van der Waals surface area contributed by atoms with E-state index in [-0.39, 0.29) is 11.6 Å². The number of amides is 2. The van der Waals surface area contributed by atoms with Crippen molar-refractivity contribution in [3.8, 4) is 0 Å². The Hall–Kier alpha value is -1.59. The first-order valence-electron chi connectivity index (χ1n) is 8.85. The van der Waals surface area contributed by atoms with Gasteiger partial charge in [-0.1, -0.05) is 37.3 Å². The predicted molar refractivity (Wildman–Crippen MR) is 97.3 cm³/mol. The molecule has 1 saturated heterocycles. The molecule has 1 aromatic carbocycles. The maximum absolute atomic E-state index is 12.1. The number of rotatable bonds is 7. The Bertz CT molecular complexity index is 499. The van der Waals surface area contributed by atoms with Crippen LogP contribution in [0.1, 0.15) is 37.7 Å². The van der Waals surface area contributed by atoms with Gasteiger partial charge in [-0.05, 0) is 44.8 Å². The number of carbonyl (C=O) groups is 1. The Balaban J connectivity index is 1.71. The van der Waals surface area contributed by atoms with Gasteiger partial charge in [0.15, 0.2) is 0 Å². The summed E-state index contributed by atoms with van der Waals surface area (Å²) in [7, 11) is 4.15. The first-order valence-corrected chi connectivity index (χ1v) is 8.85. The van der Waals surface area contributed by atoms with Crippen LogP contribution >= 0.6 is 0 Å². The minimum Gasteiger partial charge on any atom is -0.381 e. The lowest BCUT2D eigenvalue weighted by Gasteiger charge is -2.42. The van der Waals surface area contributed by atoms with Crippen LogP contribution in [0, 0.1) is 0 Å². The fourth-order valence-electron chi connectivity index (χ4n) is 3.19. The number of ether oxygens (including phenoxy) is 1. The Morgan fingerprint density at radius 2 is 1.88 bits per heavy atom. The molecular weight excluding hydrogens is 302 g/mol. The number of urea groups is 1. The van der Waals surface area contributed by atoms with Gasteiger partial charge < -0.3 is 20.3 Å². The molecule has 5 heteroatoms. The third kappa shape index (κ3) is 5.21. The Kier molecular flexibility index (Phi) is 7.06. The van der Waals surface area contributed by atoms with Crippen LogP contribution in [0.5, 0.6) is 0 Å². The number of nitrogens with zero attached hydrogens (tertiary/aromatic N) is 1. The molecule has 0 aromatic heterocycles. The molecule has 0 saturated carbocycles. The average molecular weight is 333 g/mol. The van der Waals surface area contributed by atoms with Gasteiger partial charge in [0.1, 0.15) is 0 Å². The monoisotopic (exact) mass is 333 g/mol. The van der Waals surface area contributed by atoms with Crippen LogP contribution in [0.4, 0.5) is 4.79 Å². The van der Waals surface area contributed by atoms with E-state index >= 15 is 0 Å². The highest BCUT2D eigenvalue weighted by molar-refractivity contribution is 5.73. The summed E-state index contributed by atoms with van der Waals surface area (Å²) in [6.45, 7) is 5.05. The summed E-state index contributed by atoms with van der Waals surface area (Å²) in [5.41, 5.74) is 1.32. The average Bonchev–Trinajstić information content (AvgIpc) is 2.61. The van der Waals surface area contributed by atoms with Gasteiger partial charge in [-0.25, -0.2) is 4.79 Å². The van der Waals surface area contributed by atoms with Gasteiger partial charge in [0.2, 0.25) is 0 Å². The molecule has 2 amide bonds. The van der Waals surface area contributed by atoms with Gasteiger partial charge in [0.05, 0.1) is 0 Å². The second-order valence-corrected chi connectivity index (χ2v) is 6.94. The predicted octanol–water partition coefficient (Wildman–Crippen LogP) is 2.59. The lowest BCUT2D eigenvalue weighted by atomic mass is 9.88. The molecule has 1 heterocycles. The van der Waals surface area contributed by atoms with Gasteiger partial charge >= 0.3 is 6.03 Å². The van der Waals surface area contributed by atoms with Crippen molar-refractivity contribution in [2.45, 2.75) is 37.6 Å².